The van der Waals surface area contributed by atoms with E-state index in [1.165, 1.54) is 6.07 Å². The predicted molar refractivity (Wildman–Crippen MR) is 103 cm³/mol. The van der Waals surface area contributed by atoms with Crippen molar-refractivity contribution in [1.82, 2.24) is 29.7 Å². The molecule has 0 unspecified atom stereocenters. The first-order chi connectivity index (χ1) is 13.5. The molecule has 28 heavy (non-hydrogen) atoms. The van der Waals surface area contributed by atoms with Gasteiger partial charge in [-0.25, -0.2) is 18.3 Å². The number of nitrogens with zero attached hydrogens (tertiary/aromatic N) is 5. The highest BCUT2D eigenvalue weighted by Gasteiger charge is 2.27. The molecule has 0 amide bonds. The van der Waals surface area contributed by atoms with E-state index in [9.17, 15) is 8.78 Å². The highest BCUT2D eigenvalue weighted by molar-refractivity contribution is 5.84. The fourth-order valence-electron chi connectivity index (χ4n) is 3.92. The van der Waals surface area contributed by atoms with Crippen LogP contribution in [0, 0.1) is 19.7 Å². The number of piperidine rings is 1. The number of nitrogens with one attached hydrogen (secondary N) is 1. The van der Waals surface area contributed by atoms with Crippen LogP contribution in [0.4, 0.5) is 8.78 Å². The zero-order valence-electron chi connectivity index (χ0n) is 15.7. The standard InChI is InChI=1S/C20H20F2N6/c1-11-5-17(25-28-9-12(2)24-20(11)28)13-6-14-10-27(26-19(14)15(21)7-13)18-3-4-23-8-16(18)22/h5-7,9-10,16,18,23H,3-4,8H2,1-2H3/t16-,18+/m1/s1. The molecule has 1 aliphatic heterocycles. The maximum absolute atomic E-state index is 14.8. The lowest BCUT2D eigenvalue weighted by molar-refractivity contribution is 0.174. The minimum absolute atomic E-state index is 0.255. The lowest BCUT2D eigenvalue weighted by atomic mass is 10.1. The molecule has 1 N–H and O–H groups in total. The third-order valence-corrected chi connectivity index (χ3v) is 5.32. The molecule has 0 radical (unpaired) electrons. The van der Waals surface area contributed by atoms with E-state index >= 15 is 0 Å². The number of alkyl halides is 1. The van der Waals surface area contributed by atoms with Crippen LogP contribution in [0.3, 0.4) is 0 Å². The van der Waals surface area contributed by atoms with Crippen molar-refractivity contribution >= 4 is 16.6 Å². The van der Waals surface area contributed by atoms with Crippen molar-refractivity contribution in [3.8, 4) is 11.3 Å². The molecule has 1 aliphatic rings. The summed E-state index contributed by atoms with van der Waals surface area (Å²) in [4.78, 5) is 4.45. The van der Waals surface area contributed by atoms with E-state index in [1.54, 1.807) is 15.4 Å². The molecule has 5 rings (SSSR count). The zero-order valence-corrected chi connectivity index (χ0v) is 15.7. The van der Waals surface area contributed by atoms with Crippen molar-refractivity contribution in [2.75, 3.05) is 13.1 Å². The minimum Gasteiger partial charge on any atom is -0.314 e. The Kier molecular flexibility index (Phi) is 3.90. The van der Waals surface area contributed by atoms with Crippen molar-refractivity contribution in [2.24, 2.45) is 0 Å². The molecule has 1 aromatic carbocycles. The number of aryl methyl sites for hydroxylation is 2. The van der Waals surface area contributed by atoms with Gasteiger partial charge in [0, 0.05) is 23.7 Å². The fourth-order valence-corrected chi connectivity index (χ4v) is 3.92. The second-order valence-corrected chi connectivity index (χ2v) is 7.44. The predicted octanol–water partition coefficient (Wildman–Crippen LogP) is 3.37. The van der Waals surface area contributed by atoms with Crippen molar-refractivity contribution in [2.45, 2.75) is 32.5 Å². The molecule has 0 bridgehead atoms. The smallest absolute Gasteiger partial charge is 0.156 e. The van der Waals surface area contributed by atoms with Crippen molar-refractivity contribution in [1.29, 1.82) is 0 Å². The van der Waals surface area contributed by atoms with Crippen molar-refractivity contribution in [3.63, 3.8) is 0 Å². The van der Waals surface area contributed by atoms with Crippen LogP contribution in [0.15, 0.2) is 30.6 Å². The van der Waals surface area contributed by atoms with Crippen LogP contribution < -0.4 is 5.32 Å². The molecule has 8 heteroatoms. The monoisotopic (exact) mass is 382 g/mol. The quantitative estimate of drug-likeness (QED) is 0.577. The molecule has 0 spiro atoms. The summed E-state index contributed by atoms with van der Waals surface area (Å²) in [6.45, 7) is 4.88. The summed E-state index contributed by atoms with van der Waals surface area (Å²) < 4.78 is 32.4. The Morgan fingerprint density at radius 2 is 2.00 bits per heavy atom. The molecule has 4 heterocycles. The number of halogens is 2. The molecule has 6 nitrogen and oxygen atoms in total. The Balaban J connectivity index is 1.61. The third kappa shape index (κ3) is 2.75. The molecular formula is C20H20F2N6. The van der Waals surface area contributed by atoms with E-state index in [1.807, 2.05) is 32.2 Å². The Labute approximate surface area is 160 Å². The first kappa shape index (κ1) is 17.2. The van der Waals surface area contributed by atoms with Gasteiger partial charge in [-0.2, -0.15) is 10.2 Å². The fraction of sp³-hybridized carbons (Fsp3) is 0.350. The van der Waals surface area contributed by atoms with E-state index in [-0.39, 0.29) is 11.6 Å². The van der Waals surface area contributed by atoms with Gasteiger partial charge in [0.1, 0.15) is 11.7 Å². The van der Waals surface area contributed by atoms with Crippen molar-refractivity contribution < 1.29 is 8.78 Å². The number of fused-ring (bicyclic) bond motifs is 2. The average molecular weight is 382 g/mol. The summed E-state index contributed by atoms with van der Waals surface area (Å²) in [7, 11) is 0. The van der Waals surface area contributed by atoms with E-state index < -0.39 is 12.0 Å². The third-order valence-electron chi connectivity index (χ3n) is 5.32. The molecule has 1 fully saturated rings. The molecule has 0 saturated carbocycles. The Hall–Kier alpha value is -2.87. The number of rotatable bonds is 2. The lowest BCUT2D eigenvalue weighted by Gasteiger charge is -2.26. The second-order valence-electron chi connectivity index (χ2n) is 7.44. The maximum Gasteiger partial charge on any atom is 0.156 e. The van der Waals surface area contributed by atoms with Gasteiger partial charge in [-0.3, -0.25) is 4.68 Å². The van der Waals surface area contributed by atoms with Crippen LogP contribution in [0.25, 0.3) is 27.8 Å². The van der Waals surface area contributed by atoms with Crippen LogP contribution >= 0.6 is 0 Å². The van der Waals surface area contributed by atoms with Gasteiger partial charge in [0.05, 0.1) is 23.6 Å². The number of hydrogen-bond donors (Lipinski definition) is 1. The summed E-state index contributed by atoms with van der Waals surface area (Å²) in [6.07, 6.45) is 3.16. The summed E-state index contributed by atoms with van der Waals surface area (Å²) in [5.74, 6) is -0.433. The summed E-state index contributed by atoms with van der Waals surface area (Å²) in [5.41, 5.74) is 4.19. The average Bonchev–Trinajstić information content (AvgIpc) is 3.25. The Bertz CT molecular complexity index is 1190. The molecule has 1 saturated heterocycles. The van der Waals surface area contributed by atoms with Crippen LogP contribution in [0.1, 0.15) is 23.7 Å². The number of aromatic nitrogens is 5. The maximum atomic E-state index is 14.8. The van der Waals surface area contributed by atoms with Crippen LogP contribution in [-0.4, -0.2) is 43.6 Å². The SMILES string of the molecule is Cc1cn2nc(-c3cc(F)c4nn([C@H]5CCNC[C@H]5F)cc4c3)cc(C)c2n1. The first-order valence-electron chi connectivity index (χ1n) is 9.37. The van der Waals surface area contributed by atoms with Gasteiger partial charge in [-0.1, -0.05) is 0 Å². The topological polar surface area (TPSA) is 60.0 Å². The number of imidazole rings is 1. The Morgan fingerprint density at radius 1 is 1.14 bits per heavy atom. The molecule has 2 atom stereocenters. The first-order valence-corrected chi connectivity index (χ1v) is 9.37. The summed E-state index contributed by atoms with van der Waals surface area (Å²) >= 11 is 0. The molecular weight excluding hydrogens is 362 g/mol. The van der Waals surface area contributed by atoms with Crippen molar-refractivity contribution in [3.05, 3.63) is 47.7 Å². The number of hydrogen-bond acceptors (Lipinski definition) is 4. The normalized spacial score (nSPS) is 20.3. The minimum atomic E-state index is -1.04. The van der Waals surface area contributed by atoms with E-state index in [4.69, 9.17) is 0 Å². The van der Waals surface area contributed by atoms with E-state index in [2.05, 4.69) is 20.5 Å². The van der Waals surface area contributed by atoms with Crippen LogP contribution in [-0.2, 0) is 0 Å². The van der Waals surface area contributed by atoms with Gasteiger partial charge < -0.3 is 5.32 Å². The molecule has 144 valence electrons. The van der Waals surface area contributed by atoms with Gasteiger partial charge in [-0.05, 0) is 50.6 Å². The Morgan fingerprint density at radius 3 is 2.82 bits per heavy atom. The molecule has 0 aliphatic carbocycles. The highest BCUT2D eigenvalue weighted by atomic mass is 19.1. The van der Waals surface area contributed by atoms with Gasteiger partial charge in [-0.15, -0.1) is 0 Å². The highest BCUT2D eigenvalue weighted by Crippen LogP contribution is 2.29. The van der Waals surface area contributed by atoms with Gasteiger partial charge in [0.25, 0.3) is 0 Å². The van der Waals surface area contributed by atoms with E-state index in [0.717, 1.165) is 23.4 Å². The van der Waals surface area contributed by atoms with Crippen LogP contribution in [0.2, 0.25) is 0 Å². The second kappa shape index (κ2) is 6.34. The van der Waals surface area contributed by atoms with Gasteiger partial charge in [0.2, 0.25) is 0 Å². The molecule has 3 aromatic heterocycles. The molecule has 4 aromatic rings. The lowest BCUT2D eigenvalue weighted by Crippen LogP contribution is -2.39. The van der Waals surface area contributed by atoms with Gasteiger partial charge in [0.15, 0.2) is 11.5 Å². The summed E-state index contributed by atoms with van der Waals surface area (Å²) in [6, 6.07) is 4.82. The van der Waals surface area contributed by atoms with Gasteiger partial charge >= 0.3 is 0 Å². The largest absolute Gasteiger partial charge is 0.314 e. The zero-order chi connectivity index (χ0) is 19.4. The van der Waals surface area contributed by atoms with Crippen LogP contribution in [0.5, 0.6) is 0 Å². The van der Waals surface area contributed by atoms with E-state index in [0.29, 0.717) is 29.6 Å². The summed E-state index contributed by atoms with van der Waals surface area (Å²) in [5, 5.41) is 12.6. The number of benzene rings is 1.